The Morgan fingerprint density at radius 1 is 0.882 bits per heavy atom. The van der Waals surface area contributed by atoms with E-state index in [0.29, 0.717) is 18.2 Å². The highest BCUT2D eigenvalue weighted by Crippen LogP contribution is 2.34. The number of carbonyl (C=O) groups excluding carboxylic acids is 2. The number of ether oxygens (including phenoxy) is 1. The Morgan fingerprint density at radius 2 is 1.59 bits per heavy atom. The maximum atomic E-state index is 14.2. The van der Waals surface area contributed by atoms with Crippen molar-refractivity contribution in [2.45, 2.75) is 12.4 Å². The Labute approximate surface area is 185 Å². The second-order valence-electron chi connectivity index (χ2n) is 6.52. The third-order valence-electron chi connectivity index (χ3n) is 4.18. The number of nitrogens with zero attached hydrogens (tertiary/aromatic N) is 2. The van der Waals surface area contributed by atoms with Crippen LogP contribution in [0.3, 0.4) is 0 Å². The molecule has 0 saturated carbocycles. The average molecular weight is 490 g/mol. The summed E-state index contributed by atoms with van der Waals surface area (Å²) in [6, 6.07) is 6.32. The number of aromatic nitrogens is 1. The fourth-order valence-corrected chi connectivity index (χ4v) is 2.70. The molecular weight excluding hydrogens is 480 g/mol. The molecule has 0 N–H and O–H groups in total. The summed E-state index contributed by atoms with van der Waals surface area (Å²) in [7, 11) is 0. The van der Waals surface area contributed by atoms with Gasteiger partial charge in [0.15, 0.2) is 0 Å². The van der Waals surface area contributed by atoms with Crippen molar-refractivity contribution in [1.82, 2.24) is 4.98 Å². The van der Waals surface area contributed by atoms with Crippen LogP contribution in [-0.2, 0) is 11.0 Å². The van der Waals surface area contributed by atoms with Crippen molar-refractivity contribution in [2.75, 3.05) is 4.90 Å². The lowest BCUT2D eigenvalue weighted by Crippen LogP contribution is -2.45. The molecule has 34 heavy (non-hydrogen) atoms. The van der Waals surface area contributed by atoms with Crippen LogP contribution in [0.2, 0.25) is 0 Å². The molecule has 2 aromatic carbocycles. The molecule has 0 aliphatic rings. The zero-order chi connectivity index (χ0) is 25.3. The number of amides is 2. The molecule has 0 bridgehead atoms. The van der Waals surface area contributed by atoms with E-state index in [0.717, 1.165) is 36.5 Å². The van der Waals surface area contributed by atoms with Gasteiger partial charge in [0.1, 0.15) is 22.9 Å². The molecule has 2 amide bonds. The third kappa shape index (κ3) is 5.30. The minimum Gasteiger partial charge on any atom is -0.438 e. The molecule has 13 heteroatoms. The van der Waals surface area contributed by atoms with Crippen LogP contribution in [0, 0.1) is 11.6 Å². The van der Waals surface area contributed by atoms with Gasteiger partial charge in [-0.3, -0.25) is 9.59 Å². The smallest absolute Gasteiger partial charge is 0.438 e. The van der Waals surface area contributed by atoms with Crippen LogP contribution in [-0.4, -0.2) is 23.0 Å². The van der Waals surface area contributed by atoms with Crippen molar-refractivity contribution < 1.29 is 49.4 Å². The van der Waals surface area contributed by atoms with Gasteiger partial charge in [-0.1, -0.05) is 6.07 Å². The number of halogens is 8. The Balaban J connectivity index is 2.08. The highest BCUT2D eigenvalue weighted by Gasteiger charge is 2.47. The van der Waals surface area contributed by atoms with Crippen LogP contribution in [0.15, 0.2) is 60.8 Å². The fraction of sp³-hybridized carbons (Fsp3) is 0.0952. The summed E-state index contributed by atoms with van der Waals surface area (Å²) in [6.45, 7) is 0. The standard InChI is InChI=1S/C21H10F8N2O3/c22-12-6-7-16(15(23)10-12)31(19(33)21(27,28)29)18(32)14-5-2-8-30-17(14)34-13-4-1-3-11(9-13)20(24,25)26/h1-10H. The van der Waals surface area contributed by atoms with Crippen LogP contribution < -0.4 is 9.64 Å². The first-order valence-electron chi connectivity index (χ1n) is 9.00. The zero-order valence-corrected chi connectivity index (χ0v) is 16.4. The lowest BCUT2D eigenvalue weighted by Gasteiger charge is -2.23. The highest BCUT2D eigenvalue weighted by molar-refractivity contribution is 6.23. The second-order valence-corrected chi connectivity index (χ2v) is 6.52. The van der Waals surface area contributed by atoms with Gasteiger partial charge in [0.25, 0.3) is 5.91 Å². The van der Waals surface area contributed by atoms with Gasteiger partial charge < -0.3 is 4.74 Å². The SMILES string of the molecule is O=C(c1cccnc1Oc1cccc(C(F)(F)F)c1)N(C(=O)C(F)(F)F)c1ccc(F)cc1F. The second kappa shape index (κ2) is 9.08. The van der Waals surface area contributed by atoms with Crippen molar-refractivity contribution in [3.05, 3.63) is 83.6 Å². The minimum absolute atomic E-state index is 0.155. The zero-order valence-electron chi connectivity index (χ0n) is 16.4. The normalized spacial score (nSPS) is 11.8. The summed E-state index contributed by atoms with van der Waals surface area (Å²) in [5.41, 5.74) is -3.17. The fourth-order valence-electron chi connectivity index (χ4n) is 2.70. The number of carbonyl (C=O) groups is 2. The molecule has 0 aliphatic heterocycles. The van der Waals surface area contributed by atoms with E-state index in [1.165, 1.54) is 0 Å². The van der Waals surface area contributed by atoms with Crippen molar-refractivity contribution in [2.24, 2.45) is 0 Å². The van der Waals surface area contributed by atoms with Crippen molar-refractivity contribution in [3.63, 3.8) is 0 Å². The number of pyridine rings is 1. The van der Waals surface area contributed by atoms with E-state index >= 15 is 0 Å². The van der Waals surface area contributed by atoms with E-state index < -0.39 is 69.1 Å². The monoisotopic (exact) mass is 490 g/mol. The molecule has 0 aliphatic carbocycles. The molecule has 1 aromatic heterocycles. The Bertz CT molecular complexity index is 1240. The predicted octanol–water partition coefficient (Wildman–Crippen LogP) is 5.91. The van der Waals surface area contributed by atoms with Gasteiger partial charge in [-0.2, -0.15) is 26.3 Å². The Morgan fingerprint density at radius 3 is 2.21 bits per heavy atom. The molecular formula is C21H10F8N2O3. The van der Waals surface area contributed by atoms with E-state index in [9.17, 15) is 44.7 Å². The molecule has 0 radical (unpaired) electrons. The maximum absolute atomic E-state index is 14.2. The number of hydrogen-bond donors (Lipinski definition) is 0. The first-order chi connectivity index (χ1) is 15.8. The molecule has 0 fully saturated rings. The number of rotatable bonds is 4. The van der Waals surface area contributed by atoms with Crippen LogP contribution in [0.5, 0.6) is 11.6 Å². The van der Waals surface area contributed by atoms with Crippen molar-refractivity contribution >= 4 is 17.5 Å². The predicted molar refractivity (Wildman–Crippen MR) is 100.0 cm³/mol. The quantitative estimate of drug-likeness (QED) is 0.427. The summed E-state index contributed by atoms with van der Waals surface area (Å²) in [5, 5.41) is 0. The molecule has 0 spiro atoms. The van der Waals surface area contributed by atoms with E-state index in [4.69, 9.17) is 4.74 Å². The largest absolute Gasteiger partial charge is 0.472 e. The van der Waals surface area contributed by atoms with Crippen molar-refractivity contribution in [1.29, 1.82) is 0 Å². The molecule has 178 valence electrons. The highest BCUT2D eigenvalue weighted by atomic mass is 19.4. The molecule has 3 rings (SSSR count). The Kier molecular flexibility index (Phi) is 6.57. The van der Waals surface area contributed by atoms with Crippen LogP contribution in [0.25, 0.3) is 0 Å². The summed E-state index contributed by atoms with van der Waals surface area (Å²) >= 11 is 0. The van der Waals surface area contributed by atoms with Gasteiger partial charge in [-0.25, -0.2) is 18.7 Å². The maximum Gasteiger partial charge on any atom is 0.472 e. The molecule has 0 unspecified atom stereocenters. The van der Waals surface area contributed by atoms with Gasteiger partial charge in [-0.15, -0.1) is 0 Å². The lowest BCUT2D eigenvalue weighted by molar-refractivity contribution is -0.169. The molecule has 5 nitrogen and oxygen atoms in total. The number of hydrogen-bond acceptors (Lipinski definition) is 4. The summed E-state index contributed by atoms with van der Waals surface area (Å²) in [5.74, 6) is -8.68. The van der Waals surface area contributed by atoms with E-state index in [1.54, 1.807) is 0 Å². The van der Waals surface area contributed by atoms with Gasteiger partial charge in [-0.05, 0) is 42.5 Å². The van der Waals surface area contributed by atoms with E-state index in [-0.39, 0.29) is 6.07 Å². The van der Waals surface area contributed by atoms with Gasteiger partial charge >= 0.3 is 18.3 Å². The molecule has 0 saturated heterocycles. The third-order valence-corrected chi connectivity index (χ3v) is 4.18. The average Bonchev–Trinajstić information content (AvgIpc) is 2.74. The number of alkyl halides is 6. The molecule has 0 atom stereocenters. The van der Waals surface area contributed by atoms with Crippen LogP contribution in [0.1, 0.15) is 15.9 Å². The van der Waals surface area contributed by atoms with E-state index in [2.05, 4.69) is 4.98 Å². The number of imide groups is 1. The van der Waals surface area contributed by atoms with Crippen LogP contribution >= 0.6 is 0 Å². The summed E-state index contributed by atoms with van der Waals surface area (Å²) in [6.07, 6.45) is -9.40. The number of anilines is 1. The van der Waals surface area contributed by atoms with Crippen LogP contribution in [0.4, 0.5) is 40.8 Å². The first-order valence-corrected chi connectivity index (χ1v) is 9.00. The minimum atomic E-state index is -5.65. The van der Waals surface area contributed by atoms with Gasteiger partial charge in [0, 0.05) is 12.3 Å². The first kappa shape index (κ1) is 24.6. The lowest BCUT2D eigenvalue weighted by atomic mass is 10.2. The van der Waals surface area contributed by atoms with E-state index in [1.807, 2.05) is 0 Å². The Hall–Kier alpha value is -4.03. The van der Waals surface area contributed by atoms with Crippen molar-refractivity contribution in [3.8, 4) is 11.6 Å². The summed E-state index contributed by atoms with van der Waals surface area (Å²) < 4.78 is 111. The summed E-state index contributed by atoms with van der Waals surface area (Å²) in [4.78, 5) is 28.0. The molecule has 3 aromatic rings. The number of benzene rings is 2. The topological polar surface area (TPSA) is 59.5 Å². The van der Waals surface area contributed by atoms with Gasteiger partial charge in [0.2, 0.25) is 5.88 Å². The van der Waals surface area contributed by atoms with Gasteiger partial charge in [0.05, 0.1) is 11.3 Å². The molecule has 1 heterocycles.